The van der Waals surface area contributed by atoms with Crippen LogP contribution >= 0.6 is 0 Å². The second-order valence-corrected chi connectivity index (χ2v) is 7.79. The fraction of sp³-hybridized carbons (Fsp3) is 0.200. The third-order valence-electron chi connectivity index (χ3n) is 6.05. The second-order valence-electron chi connectivity index (χ2n) is 7.79. The van der Waals surface area contributed by atoms with Crippen molar-refractivity contribution in [2.45, 2.75) is 11.6 Å². The van der Waals surface area contributed by atoms with E-state index >= 15 is 0 Å². The van der Waals surface area contributed by atoms with Gasteiger partial charge in [0.2, 0.25) is 0 Å². The minimum absolute atomic E-state index is 0.180. The van der Waals surface area contributed by atoms with Crippen LogP contribution < -0.4 is 5.32 Å². The van der Waals surface area contributed by atoms with Crippen molar-refractivity contribution < 1.29 is 14.3 Å². The van der Waals surface area contributed by atoms with Crippen molar-refractivity contribution in [3.05, 3.63) is 102 Å². The van der Waals surface area contributed by atoms with E-state index in [-0.39, 0.29) is 18.2 Å². The number of piperazine rings is 1. The maximum absolute atomic E-state index is 13.0. The van der Waals surface area contributed by atoms with E-state index in [1.807, 2.05) is 91.0 Å². The number of urea groups is 1. The van der Waals surface area contributed by atoms with Crippen molar-refractivity contribution in [1.82, 2.24) is 9.80 Å². The summed E-state index contributed by atoms with van der Waals surface area (Å²) in [6.07, 6.45) is -0.346. The molecular weight excluding hydrogens is 390 g/mol. The smallest absolute Gasteiger partial charge is 0.411 e. The number of rotatable bonds is 3. The maximum atomic E-state index is 13.0. The molecular formula is C25H23N3O3. The Hall–Kier alpha value is -3.80. The van der Waals surface area contributed by atoms with Crippen LogP contribution in [0, 0.1) is 0 Å². The molecule has 3 amide bonds. The number of carbonyl (C=O) groups is 2. The van der Waals surface area contributed by atoms with Crippen LogP contribution in [0.5, 0.6) is 0 Å². The highest BCUT2D eigenvalue weighted by Gasteiger charge is 2.58. The molecule has 0 spiro atoms. The summed E-state index contributed by atoms with van der Waals surface area (Å²) in [5, 5.41) is 2.95. The SMILES string of the molecule is O=C(Nc1ccccc1)N1CCN2C(=O)OC(c3ccccc3)(c3ccccc3)C2C1. The number of carbonyl (C=O) groups excluding carboxylic acids is 2. The number of benzene rings is 3. The minimum atomic E-state index is -0.981. The van der Waals surface area contributed by atoms with Crippen LogP contribution in [0.3, 0.4) is 0 Å². The van der Waals surface area contributed by atoms with Crippen LogP contribution in [0.25, 0.3) is 0 Å². The molecule has 6 heteroatoms. The summed E-state index contributed by atoms with van der Waals surface area (Å²) in [6.45, 7) is 1.24. The van der Waals surface area contributed by atoms with Crippen molar-refractivity contribution >= 4 is 17.8 Å². The average molecular weight is 413 g/mol. The first-order valence-electron chi connectivity index (χ1n) is 10.4. The molecule has 3 aromatic rings. The van der Waals surface area contributed by atoms with Crippen LogP contribution in [0.1, 0.15) is 11.1 Å². The van der Waals surface area contributed by atoms with E-state index in [0.717, 1.165) is 16.8 Å². The maximum Gasteiger partial charge on any atom is 0.411 e. The number of fused-ring (bicyclic) bond motifs is 1. The average Bonchev–Trinajstić information content (AvgIpc) is 3.13. The molecule has 2 heterocycles. The van der Waals surface area contributed by atoms with Gasteiger partial charge >= 0.3 is 12.1 Å². The third kappa shape index (κ3) is 3.30. The monoisotopic (exact) mass is 413 g/mol. The molecule has 3 aromatic carbocycles. The van der Waals surface area contributed by atoms with Crippen molar-refractivity contribution in [1.29, 1.82) is 0 Å². The van der Waals surface area contributed by atoms with Gasteiger partial charge in [-0.2, -0.15) is 0 Å². The molecule has 5 rings (SSSR count). The third-order valence-corrected chi connectivity index (χ3v) is 6.05. The van der Waals surface area contributed by atoms with Gasteiger partial charge < -0.3 is 15.0 Å². The van der Waals surface area contributed by atoms with Gasteiger partial charge in [-0.25, -0.2) is 9.59 Å². The molecule has 1 atom stereocenters. The minimum Gasteiger partial charge on any atom is -0.431 e. The molecule has 1 unspecified atom stereocenters. The zero-order chi connectivity index (χ0) is 21.3. The predicted molar refractivity (Wildman–Crippen MR) is 118 cm³/mol. The topological polar surface area (TPSA) is 61.9 Å². The number of anilines is 1. The van der Waals surface area contributed by atoms with Crippen LogP contribution in [0.15, 0.2) is 91.0 Å². The lowest BCUT2D eigenvalue weighted by atomic mass is 9.79. The number of amides is 3. The highest BCUT2D eigenvalue weighted by Crippen LogP contribution is 2.45. The Morgan fingerprint density at radius 1 is 0.839 bits per heavy atom. The van der Waals surface area contributed by atoms with E-state index in [9.17, 15) is 9.59 Å². The Morgan fingerprint density at radius 3 is 1.97 bits per heavy atom. The van der Waals surface area contributed by atoms with Gasteiger partial charge in [-0.3, -0.25) is 4.90 Å². The largest absolute Gasteiger partial charge is 0.431 e. The number of para-hydroxylation sites is 1. The summed E-state index contributed by atoms with van der Waals surface area (Å²) in [4.78, 5) is 29.4. The van der Waals surface area contributed by atoms with E-state index in [4.69, 9.17) is 4.74 Å². The number of ether oxygens (including phenoxy) is 1. The molecule has 2 saturated heterocycles. The molecule has 0 radical (unpaired) electrons. The van der Waals surface area contributed by atoms with Crippen molar-refractivity contribution in [3.8, 4) is 0 Å². The Morgan fingerprint density at radius 2 is 1.39 bits per heavy atom. The van der Waals surface area contributed by atoms with Crippen LogP contribution in [0.2, 0.25) is 0 Å². The number of nitrogens with zero attached hydrogens (tertiary/aromatic N) is 2. The first-order valence-corrected chi connectivity index (χ1v) is 10.4. The predicted octanol–water partition coefficient (Wildman–Crippen LogP) is 4.30. The van der Waals surface area contributed by atoms with Gasteiger partial charge in [-0.1, -0.05) is 78.9 Å². The molecule has 0 aromatic heterocycles. The van der Waals surface area contributed by atoms with Gasteiger partial charge in [0.05, 0.1) is 0 Å². The quantitative estimate of drug-likeness (QED) is 0.696. The van der Waals surface area contributed by atoms with Gasteiger partial charge in [0.25, 0.3) is 0 Å². The van der Waals surface area contributed by atoms with Crippen LogP contribution in [-0.2, 0) is 10.3 Å². The molecule has 0 bridgehead atoms. The van der Waals surface area contributed by atoms with E-state index in [0.29, 0.717) is 19.6 Å². The molecule has 1 N–H and O–H groups in total. The van der Waals surface area contributed by atoms with Crippen LogP contribution in [0.4, 0.5) is 15.3 Å². The standard InChI is InChI=1S/C25H23N3O3/c29-23(26-21-14-8-3-9-15-21)27-16-17-28-22(18-27)25(31-24(28)30,19-10-4-1-5-11-19)20-12-6-2-7-13-20/h1-15,22H,16-18H2,(H,26,29). The number of hydrogen-bond donors (Lipinski definition) is 1. The van der Waals surface area contributed by atoms with E-state index < -0.39 is 5.60 Å². The number of hydrogen-bond acceptors (Lipinski definition) is 3. The first-order chi connectivity index (χ1) is 15.2. The summed E-state index contributed by atoms with van der Waals surface area (Å²) >= 11 is 0. The molecule has 31 heavy (non-hydrogen) atoms. The zero-order valence-electron chi connectivity index (χ0n) is 17.0. The van der Waals surface area contributed by atoms with Gasteiger partial charge in [-0.05, 0) is 12.1 Å². The van der Waals surface area contributed by atoms with Crippen LogP contribution in [-0.4, -0.2) is 47.6 Å². The van der Waals surface area contributed by atoms with E-state index in [1.54, 1.807) is 9.80 Å². The van der Waals surface area contributed by atoms with Crippen molar-refractivity contribution in [2.75, 3.05) is 25.0 Å². The zero-order valence-corrected chi connectivity index (χ0v) is 17.0. The summed E-state index contributed by atoms with van der Waals surface area (Å²) in [5.74, 6) is 0. The lowest BCUT2D eigenvalue weighted by Crippen LogP contribution is -2.59. The fourth-order valence-electron chi connectivity index (χ4n) is 4.56. The molecule has 2 aliphatic heterocycles. The second kappa shape index (κ2) is 7.80. The van der Waals surface area contributed by atoms with Crippen molar-refractivity contribution in [3.63, 3.8) is 0 Å². The fourth-order valence-corrected chi connectivity index (χ4v) is 4.56. The lowest BCUT2D eigenvalue weighted by molar-refractivity contribution is 0.0525. The Balaban J connectivity index is 1.51. The molecule has 0 aliphatic carbocycles. The Labute approximate surface area is 181 Å². The number of cyclic esters (lactones) is 1. The van der Waals surface area contributed by atoms with Crippen molar-refractivity contribution in [2.24, 2.45) is 0 Å². The summed E-state index contributed by atoms with van der Waals surface area (Å²) in [6, 6.07) is 28.4. The lowest BCUT2D eigenvalue weighted by Gasteiger charge is -2.42. The highest BCUT2D eigenvalue weighted by atomic mass is 16.6. The van der Waals surface area contributed by atoms with Gasteiger partial charge in [0.1, 0.15) is 6.04 Å². The molecule has 2 aliphatic rings. The van der Waals surface area contributed by atoms with Gasteiger partial charge in [0.15, 0.2) is 5.60 Å². The summed E-state index contributed by atoms with van der Waals surface area (Å²) in [5.41, 5.74) is 1.55. The Bertz CT molecular complexity index is 1030. The van der Waals surface area contributed by atoms with Gasteiger partial charge in [0, 0.05) is 36.4 Å². The van der Waals surface area contributed by atoms with Gasteiger partial charge in [-0.15, -0.1) is 0 Å². The number of nitrogens with one attached hydrogen (secondary N) is 1. The first kappa shape index (κ1) is 19.2. The Kier molecular flexibility index (Phi) is 4.82. The highest BCUT2D eigenvalue weighted by molar-refractivity contribution is 5.89. The molecule has 156 valence electrons. The van der Waals surface area contributed by atoms with E-state index in [1.165, 1.54) is 0 Å². The normalized spacial score (nSPS) is 19.5. The molecule has 2 fully saturated rings. The van der Waals surface area contributed by atoms with E-state index in [2.05, 4.69) is 5.32 Å². The summed E-state index contributed by atoms with van der Waals surface area (Å²) < 4.78 is 6.14. The molecule has 0 saturated carbocycles. The molecule has 6 nitrogen and oxygen atoms in total. The summed E-state index contributed by atoms with van der Waals surface area (Å²) in [7, 11) is 0.